The molecule has 0 saturated carbocycles. The van der Waals surface area contributed by atoms with E-state index in [0.29, 0.717) is 22.5 Å². The van der Waals surface area contributed by atoms with Crippen LogP contribution in [0.4, 0.5) is 0 Å². The molecule has 1 atom stereocenters. The molecule has 8 bridgehead atoms. The molecule has 6 heterocycles. The second-order valence-electron chi connectivity index (χ2n) is 11.1. The number of aromatic amines is 1. The summed E-state index contributed by atoms with van der Waals surface area (Å²) < 4.78 is 7.86. The Morgan fingerprint density at radius 1 is 0.884 bits per heavy atom. The number of aromatic nitrogens is 3. The molecular weight excluding hydrogens is 579 g/mol. The molecule has 1 unspecified atom stereocenters. The smallest absolute Gasteiger partial charge is 0.233 e. The number of allylic oxidation sites excluding steroid dienone is 5. The van der Waals surface area contributed by atoms with Crippen LogP contribution in [0.15, 0.2) is 106 Å². The summed E-state index contributed by atoms with van der Waals surface area (Å²) in [5.41, 5.74) is 6.39. The van der Waals surface area contributed by atoms with Crippen molar-refractivity contribution < 1.29 is 4.74 Å². The summed E-state index contributed by atoms with van der Waals surface area (Å²) in [6, 6.07) is 11.5. The second kappa shape index (κ2) is 11.4. The highest BCUT2D eigenvalue weighted by Gasteiger charge is 2.32. The van der Waals surface area contributed by atoms with Crippen LogP contribution in [0.3, 0.4) is 0 Å². The molecule has 4 aliphatic heterocycles. The first-order chi connectivity index (χ1) is 20.9. The maximum Gasteiger partial charge on any atom is 0.233 e. The van der Waals surface area contributed by atoms with Crippen molar-refractivity contribution in [2.75, 3.05) is 6.61 Å². The maximum atomic E-state index is 6.21. The number of nitrogens with zero attached hydrogens (tertiary/aromatic N) is 4. The third-order valence-electron chi connectivity index (χ3n) is 7.79. The van der Waals surface area contributed by atoms with Crippen molar-refractivity contribution in [3.05, 3.63) is 122 Å². The van der Waals surface area contributed by atoms with Crippen LogP contribution in [0, 0.1) is 6.92 Å². The van der Waals surface area contributed by atoms with E-state index in [1.807, 2.05) is 29.8 Å². The number of ether oxygens (including phenoxy) is 1. The Morgan fingerprint density at radius 3 is 2.44 bits per heavy atom. The van der Waals surface area contributed by atoms with E-state index in [-0.39, 0.29) is 5.54 Å². The molecule has 1 aromatic carbocycles. The number of aryl methyl sites for hydroxylation is 1. The molecule has 0 saturated heterocycles. The van der Waals surface area contributed by atoms with E-state index >= 15 is 0 Å². The van der Waals surface area contributed by atoms with Gasteiger partial charge in [0.05, 0.1) is 50.7 Å². The van der Waals surface area contributed by atoms with Gasteiger partial charge in [-0.15, -0.1) is 5.10 Å². The van der Waals surface area contributed by atoms with Gasteiger partial charge in [0.1, 0.15) is 0 Å². The summed E-state index contributed by atoms with van der Waals surface area (Å²) in [6.07, 6.45) is 22.7. The minimum Gasteiger partial charge on any atom is -0.477 e. The number of halogens is 2. The molecule has 0 spiro atoms. The van der Waals surface area contributed by atoms with Crippen molar-refractivity contribution >= 4 is 46.8 Å². The van der Waals surface area contributed by atoms with E-state index in [1.165, 1.54) is 0 Å². The van der Waals surface area contributed by atoms with Crippen LogP contribution in [0.5, 0.6) is 5.88 Å². The van der Waals surface area contributed by atoms with Gasteiger partial charge in [-0.2, -0.15) is 0 Å². The SMILES string of the molecule is Cc1cc(OCCCCC23C=C4C=CC(=N4)C=c4ccc([nH]4)=CC4=NC(=CC(=CC2)N3)C=C4)nn1-c1ccc(Cl)c(Cl)c1. The Balaban J connectivity index is 1.05. The van der Waals surface area contributed by atoms with Gasteiger partial charge >= 0.3 is 0 Å². The molecule has 0 radical (unpaired) electrons. The highest BCUT2D eigenvalue weighted by Crippen LogP contribution is 2.32. The summed E-state index contributed by atoms with van der Waals surface area (Å²) in [4.78, 5) is 13.1. The molecular formula is C34H30Cl2N6O. The Hall–Kier alpha value is -4.33. The van der Waals surface area contributed by atoms with Crippen LogP contribution < -0.4 is 20.8 Å². The van der Waals surface area contributed by atoms with Crippen molar-refractivity contribution in [2.24, 2.45) is 9.98 Å². The van der Waals surface area contributed by atoms with Crippen LogP contribution in [-0.2, 0) is 0 Å². The molecule has 3 aromatic rings. The zero-order valence-electron chi connectivity index (χ0n) is 23.6. The largest absolute Gasteiger partial charge is 0.477 e. The van der Waals surface area contributed by atoms with E-state index in [1.54, 1.807) is 12.1 Å². The lowest BCUT2D eigenvalue weighted by molar-refractivity contribution is 0.284. The lowest BCUT2D eigenvalue weighted by atomic mass is 9.90. The number of aliphatic imine (C=N–C) groups is 2. The van der Waals surface area contributed by atoms with Gasteiger partial charge < -0.3 is 15.0 Å². The van der Waals surface area contributed by atoms with E-state index in [9.17, 15) is 0 Å². The van der Waals surface area contributed by atoms with Crippen LogP contribution >= 0.6 is 23.2 Å². The standard InChI is InChI=1S/C34H30Cl2N6O/c1-22-16-33(41-42(22)30-10-11-31(35)32(36)20-30)43-15-3-2-13-34-14-12-28(40-34)19-27-7-6-24(38-27)17-23-4-5-25(37-23)18-26-8-9-29(21-34)39-26/h4-12,16-21,37,40H,2-3,13-15H2,1H3. The summed E-state index contributed by atoms with van der Waals surface area (Å²) in [5, 5.41) is 11.4. The fourth-order valence-corrected chi connectivity index (χ4v) is 5.98. The molecule has 2 N–H and O–H groups in total. The van der Waals surface area contributed by atoms with Crippen molar-refractivity contribution in [3.8, 4) is 11.6 Å². The van der Waals surface area contributed by atoms with Crippen molar-refractivity contribution in [1.29, 1.82) is 0 Å². The van der Waals surface area contributed by atoms with Gasteiger partial charge in [-0.05, 0) is 112 Å². The van der Waals surface area contributed by atoms with E-state index < -0.39 is 0 Å². The molecule has 216 valence electrons. The number of H-pyrrole nitrogens is 1. The fraction of sp³-hybridized carbons (Fsp3) is 0.206. The Kier molecular flexibility index (Phi) is 7.29. The molecule has 4 aliphatic rings. The first-order valence-electron chi connectivity index (χ1n) is 14.4. The van der Waals surface area contributed by atoms with Crippen molar-refractivity contribution in [2.45, 2.75) is 38.1 Å². The van der Waals surface area contributed by atoms with Crippen LogP contribution in [0.2, 0.25) is 10.0 Å². The monoisotopic (exact) mass is 608 g/mol. The third kappa shape index (κ3) is 6.10. The van der Waals surface area contributed by atoms with Crippen LogP contribution in [0.1, 0.15) is 31.4 Å². The first kappa shape index (κ1) is 27.5. The molecule has 7 nitrogen and oxygen atoms in total. The van der Waals surface area contributed by atoms with Gasteiger partial charge in [-0.3, -0.25) is 0 Å². The Morgan fingerprint density at radius 2 is 1.65 bits per heavy atom. The molecule has 43 heavy (non-hydrogen) atoms. The molecule has 0 amide bonds. The van der Waals surface area contributed by atoms with E-state index in [4.69, 9.17) is 37.9 Å². The molecule has 2 aromatic heterocycles. The third-order valence-corrected chi connectivity index (χ3v) is 8.53. The lowest BCUT2D eigenvalue weighted by Crippen LogP contribution is -2.38. The number of rotatable bonds is 7. The topological polar surface area (TPSA) is 79.6 Å². The van der Waals surface area contributed by atoms with Gasteiger partial charge in [0.2, 0.25) is 5.88 Å². The average Bonchev–Trinajstić information content (AvgIpc) is 3.81. The number of hydrogen-bond donors (Lipinski definition) is 2. The zero-order valence-corrected chi connectivity index (χ0v) is 25.2. The second-order valence-corrected chi connectivity index (χ2v) is 11.9. The summed E-state index contributed by atoms with van der Waals surface area (Å²) in [5.74, 6) is 0.591. The Bertz CT molecular complexity index is 1950. The Labute approximate surface area is 259 Å². The highest BCUT2D eigenvalue weighted by atomic mass is 35.5. The number of benzene rings is 1. The summed E-state index contributed by atoms with van der Waals surface area (Å²) >= 11 is 12.3. The van der Waals surface area contributed by atoms with Gasteiger partial charge in [0, 0.05) is 28.2 Å². The number of fused-ring (bicyclic) bond motifs is 6. The predicted molar refractivity (Wildman–Crippen MR) is 175 cm³/mol. The van der Waals surface area contributed by atoms with Gasteiger partial charge in [-0.25, -0.2) is 14.7 Å². The van der Waals surface area contributed by atoms with E-state index in [2.05, 4.69) is 76.1 Å². The van der Waals surface area contributed by atoms with Crippen LogP contribution in [-0.4, -0.2) is 38.3 Å². The predicted octanol–water partition coefficient (Wildman–Crippen LogP) is 6.04. The molecule has 0 fully saturated rings. The van der Waals surface area contributed by atoms with Crippen molar-refractivity contribution in [3.63, 3.8) is 0 Å². The molecule has 9 heteroatoms. The zero-order chi connectivity index (χ0) is 29.4. The number of hydrogen-bond acceptors (Lipinski definition) is 5. The highest BCUT2D eigenvalue weighted by molar-refractivity contribution is 6.42. The van der Waals surface area contributed by atoms with E-state index in [0.717, 1.165) is 76.3 Å². The maximum absolute atomic E-state index is 6.21. The normalized spacial score (nSPS) is 20.0. The first-order valence-corrected chi connectivity index (χ1v) is 15.2. The minimum absolute atomic E-state index is 0.241. The quantitative estimate of drug-likeness (QED) is 0.321. The average molecular weight is 610 g/mol. The summed E-state index contributed by atoms with van der Waals surface area (Å²) in [7, 11) is 0. The fourth-order valence-electron chi connectivity index (χ4n) is 5.69. The number of unbranched alkanes of at least 4 members (excludes halogenated alkanes) is 1. The van der Waals surface area contributed by atoms with Gasteiger partial charge in [0.25, 0.3) is 0 Å². The number of nitrogens with one attached hydrogen (secondary N) is 2. The van der Waals surface area contributed by atoms with Gasteiger partial charge in [-0.1, -0.05) is 29.3 Å². The molecule has 0 aliphatic carbocycles. The van der Waals surface area contributed by atoms with Crippen molar-refractivity contribution in [1.82, 2.24) is 20.1 Å². The summed E-state index contributed by atoms with van der Waals surface area (Å²) in [6.45, 7) is 2.56. The lowest BCUT2D eigenvalue weighted by Gasteiger charge is -2.28. The van der Waals surface area contributed by atoms with Crippen LogP contribution in [0.25, 0.3) is 17.8 Å². The van der Waals surface area contributed by atoms with Gasteiger partial charge in [0.15, 0.2) is 0 Å². The molecule has 7 rings (SSSR count). The minimum atomic E-state index is -0.241.